The van der Waals surface area contributed by atoms with Crippen LogP contribution in [0.2, 0.25) is 0 Å². The molecule has 1 rings (SSSR count). The van der Waals surface area contributed by atoms with E-state index in [9.17, 15) is 4.79 Å². The Balaban J connectivity index is 2.25. The Hall–Kier alpha value is -1.31. The van der Waals surface area contributed by atoms with Crippen molar-refractivity contribution >= 4 is 5.97 Å². The Labute approximate surface area is 117 Å². The molecule has 1 aromatic carbocycles. The number of benzene rings is 1. The fraction of sp³-hybridized carbons (Fsp3) is 0.588. The lowest BCUT2D eigenvalue weighted by atomic mass is 10.0. The average molecular weight is 262 g/mol. The van der Waals surface area contributed by atoms with Crippen LogP contribution in [0.3, 0.4) is 0 Å². The van der Waals surface area contributed by atoms with E-state index in [0.717, 1.165) is 6.42 Å². The van der Waals surface area contributed by atoms with Crippen molar-refractivity contribution in [1.29, 1.82) is 0 Å². The van der Waals surface area contributed by atoms with Crippen LogP contribution in [0.1, 0.15) is 56.6 Å². The van der Waals surface area contributed by atoms with Gasteiger partial charge in [0.15, 0.2) is 0 Å². The summed E-state index contributed by atoms with van der Waals surface area (Å²) >= 11 is 0. The lowest BCUT2D eigenvalue weighted by Crippen LogP contribution is -2.01. The number of rotatable bonds is 9. The second-order valence-electron chi connectivity index (χ2n) is 5.06. The fourth-order valence-corrected chi connectivity index (χ4v) is 2.15. The van der Waals surface area contributed by atoms with Gasteiger partial charge in [0.25, 0.3) is 0 Å². The molecule has 0 unspecified atom stereocenters. The molecule has 0 amide bonds. The highest BCUT2D eigenvalue weighted by atomic mass is 16.5. The van der Waals surface area contributed by atoms with Crippen LogP contribution in [0.25, 0.3) is 0 Å². The Morgan fingerprint density at radius 3 is 2.11 bits per heavy atom. The predicted molar refractivity (Wildman–Crippen MR) is 79.2 cm³/mol. The van der Waals surface area contributed by atoms with E-state index < -0.39 is 0 Å². The Morgan fingerprint density at radius 2 is 1.53 bits per heavy atom. The van der Waals surface area contributed by atoms with Crippen molar-refractivity contribution < 1.29 is 9.53 Å². The third-order valence-corrected chi connectivity index (χ3v) is 3.44. The first-order chi connectivity index (χ1) is 9.26. The smallest absolute Gasteiger partial charge is 0.305 e. The van der Waals surface area contributed by atoms with Crippen LogP contribution in [0.15, 0.2) is 24.3 Å². The number of carbonyl (C=O) groups excluding carboxylic acids is 1. The quantitative estimate of drug-likeness (QED) is 0.490. The number of hydrogen-bond donors (Lipinski definition) is 0. The molecule has 106 valence electrons. The van der Waals surface area contributed by atoms with Gasteiger partial charge in [0.05, 0.1) is 7.11 Å². The normalized spacial score (nSPS) is 10.4. The Morgan fingerprint density at radius 1 is 0.947 bits per heavy atom. The highest BCUT2D eigenvalue weighted by Gasteiger charge is 2.01. The van der Waals surface area contributed by atoms with Crippen LogP contribution in [0, 0.1) is 0 Å². The van der Waals surface area contributed by atoms with Crippen molar-refractivity contribution in [1.82, 2.24) is 0 Å². The van der Waals surface area contributed by atoms with E-state index in [0.29, 0.717) is 6.42 Å². The van der Waals surface area contributed by atoms with Crippen LogP contribution < -0.4 is 0 Å². The second-order valence-corrected chi connectivity index (χ2v) is 5.06. The summed E-state index contributed by atoms with van der Waals surface area (Å²) in [5.74, 6) is -0.139. The lowest BCUT2D eigenvalue weighted by molar-refractivity contribution is -0.140. The molecule has 0 aliphatic carbocycles. The molecule has 0 saturated carbocycles. The fourth-order valence-electron chi connectivity index (χ4n) is 2.15. The molecule has 0 aromatic heterocycles. The molecule has 0 N–H and O–H groups in total. The number of methoxy groups -OCH3 is 1. The largest absolute Gasteiger partial charge is 0.469 e. The zero-order chi connectivity index (χ0) is 13.9. The van der Waals surface area contributed by atoms with E-state index in [4.69, 9.17) is 0 Å². The molecule has 2 heteroatoms. The van der Waals surface area contributed by atoms with E-state index in [-0.39, 0.29) is 5.97 Å². The molecule has 0 fully saturated rings. The third-order valence-electron chi connectivity index (χ3n) is 3.44. The number of hydrogen-bond acceptors (Lipinski definition) is 2. The van der Waals surface area contributed by atoms with Gasteiger partial charge in [-0.1, -0.05) is 56.9 Å². The minimum atomic E-state index is -0.139. The first kappa shape index (κ1) is 15.7. The number of esters is 1. The van der Waals surface area contributed by atoms with Gasteiger partial charge in [-0.15, -0.1) is 0 Å². The molecular formula is C17H26O2. The SMILES string of the molecule is CCCCCCCc1ccc(CCC(=O)OC)cc1. The summed E-state index contributed by atoms with van der Waals surface area (Å²) in [5.41, 5.74) is 2.61. The van der Waals surface area contributed by atoms with Crippen molar-refractivity contribution in [2.45, 2.75) is 58.3 Å². The average Bonchev–Trinajstić information content (AvgIpc) is 2.45. The summed E-state index contributed by atoms with van der Waals surface area (Å²) in [6, 6.07) is 8.63. The summed E-state index contributed by atoms with van der Waals surface area (Å²) in [4.78, 5) is 11.1. The standard InChI is InChI=1S/C17H26O2/c1-3-4-5-6-7-8-15-9-11-16(12-10-15)13-14-17(18)19-2/h9-12H,3-8,13-14H2,1-2H3. The number of aryl methyl sites for hydroxylation is 2. The van der Waals surface area contributed by atoms with Gasteiger partial charge in [0, 0.05) is 6.42 Å². The van der Waals surface area contributed by atoms with Gasteiger partial charge in [0.2, 0.25) is 0 Å². The Bertz CT molecular complexity index is 354. The zero-order valence-corrected chi connectivity index (χ0v) is 12.3. The van der Waals surface area contributed by atoms with Gasteiger partial charge in [-0.25, -0.2) is 0 Å². The molecule has 0 radical (unpaired) electrons. The lowest BCUT2D eigenvalue weighted by Gasteiger charge is -2.04. The number of carbonyl (C=O) groups is 1. The predicted octanol–water partition coefficient (Wildman–Crippen LogP) is 4.31. The van der Waals surface area contributed by atoms with Crippen molar-refractivity contribution in [3.05, 3.63) is 35.4 Å². The van der Waals surface area contributed by atoms with Gasteiger partial charge in [0.1, 0.15) is 0 Å². The van der Waals surface area contributed by atoms with Crippen molar-refractivity contribution in [2.24, 2.45) is 0 Å². The van der Waals surface area contributed by atoms with Crippen molar-refractivity contribution in [3.8, 4) is 0 Å². The molecule has 0 aliphatic heterocycles. The highest BCUT2D eigenvalue weighted by molar-refractivity contribution is 5.69. The van der Waals surface area contributed by atoms with Gasteiger partial charge in [-0.05, 0) is 30.4 Å². The molecule has 0 saturated heterocycles. The molecule has 0 spiro atoms. The molecule has 0 aliphatic rings. The van der Waals surface area contributed by atoms with Crippen LogP contribution >= 0.6 is 0 Å². The first-order valence-electron chi connectivity index (χ1n) is 7.41. The van der Waals surface area contributed by atoms with E-state index in [1.165, 1.54) is 56.8 Å². The van der Waals surface area contributed by atoms with Gasteiger partial charge >= 0.3 is 5.97 Å². The summed E-state index contributed by atoms with van der Waals surface area (Å²) < 4.78 is 4.64. The minimum absolute atomic E-state index is 0.139. The molecule has 2 nitrogen and oxygen atoms in total. The number of unbranched alkanes of at least 4 members (excludes halogenated alkanes) is 4. The van der Waals surface area contributed by atoms with E-state index in [1.54, 1.807) is 0 Å². The minimum Gasteiger partial charge on any atom is -0.469 e. The van der Waals surface area contributed by atoms with E-state index in [2.05, 4.69) is 35.9 Å². The second kappa shape index (κ2) is 9.60. The molecule has 1 aromatic rings. The zero-order valence-electron chi connectivity index (χ0n) is 12.3. The van der Waals surface area contributed by atoms with E-state index in [1.807, 2.05) is 0 Å². The van der Waals surface area contributed by atoms with Crippen LogP contribution in [0.4, 0.5) is 0 Å². The maximum atomic E-state index is 11.1. The van der Waals surface area contributed by atoms with Gasteiger partial charge in [-0.3, -0.25) is 4.79 Å². The monoisotopic (exact) mass is 262 g/mol. The summed E-state index contributed by atoms with van der Waals surface area (Å²) in [6.07, 6.45) is 9.02. The van der Waals surface area contributed by atoms with Crippen LogP contribution in [-0.2, 0) is 22.4 Å². The van der Waals surface area contributed by atoms with Crippen LogP contribution in [-0.4, -0.2) is 13.1 Å². The Kier molecular flexibility index (Phi) is 7.95. The van der Waals surface area contributed by atoms with Crippen molar-refractivity contribution in [3.63, 3.8) is 0 Å². The summed E-state index contributed by atoms with van der Waals surface area (Å²) in [6.45, 7) is 2.24. The van der Waals surface area contributed by atoms with E-state index >= 15 is 0 Å². The maximum Gasteiger partial charge on any atom is 0.305 e. The maximum absolute atomic E-state index is 11.1. The topological polar surface area (TPSA) is 26.3 Å². The molecule has 0 heterocycles. The molecule has 19 heavy (non-hydrogen) atoms. The van der Waals surface area contributed by atoms with Gasteiger partial charge < -0.3 is 4.74 Å². The van der Waals surface area contributed by atoms with Crippen LogP contribution in [0.5, 0.6) is 0 Å². The summed E-state index contributed by atoms with van der Waals surface area (Å²) in [7, 11) is 1.43. The number of ether oxygens (including phenoxy) is 1. The highest BCUT2D eigenvalue weighted by Crippen LogP contribution is 2.11. The third kappa shape index (κ3) is 7.00. The van der Waals surface area contributed by atoms with Crippen molar-refractivity contribution in [2.75, 3.05) is 7.11 Å². The molecule has 0 bridgehead atoms. The first-order valence-corrected chi connectivity index (χ1v) is 7.41. The molecule has 0 atom stereocenters. The summed E-state index contributed by atoms with van der Waals surface area (Å²) in [5, 5.41) is 0. The van der Waals surface area contributed by atoms with Gasteiger partial charge in [-0.2, -0.15) is 0 Å². The molecular weight excluding hydrogens is 236 g/mol.